The molecule has 19 heavy (non-hydrogen) atoms. The molecule has 1 aromatic carbocycles. The molecule has 2 rings (SSSR count). The highest BCUT2D eigenvalue weighted by Gasteiger charge is 2.35. The SMILES string of the molecule is Cc1ccc(C(=O)N2CCC(N)C(C)(C)C2)cc1Br. The quantitative estimate of drug-likeness (QED) is 0.863. The van der Waals surface area contributed by atoms with E-state index in [0.29, 0.717) is 0 Å². The molecule has 1 aliphatic rings. The van der Waals surface area contributed by atoms with Crippen LogP contribution in [0.3, 0.4) is 0 Å². The fourth-order valence-electron chi connectivity index (χ4n) is 2.46. The van der Waals surface area contributed by atoms with Crippen LogP contribution in [0.4, 0.5) is 0 Å². The van der Waals surface area contributed by atoms with Crippen LogP contribution in [-0.2, 0) is 0 Å². The second-order valence-corrected chi connectivity index (χ2v) is 6.93. The highest BCUT2D eigenvalue weighted by atomic mass is 79.9. The number of hydrogen-bond donors (Lipinski definition) is 1. The molecular weight excluding hydrogens is 304 g/mol. The summed E-state index contributed by atoms with van der Waals surface area (Å²) in [5.41, 5.74) is 7.97. The number of hydrogen-bond acceptors (Lipinski definition) is 2. The third-order valence-corrected chi connectivity index (χ3v) is 4.87. The van der Waals surface area contributed by atoms with Gasteiger partial charge in [-0.1, -0.05) is 35.8 Å². The number of halogens is 1. The van der Waals surface area contributed by atoms with E-state index >= 15 is 0 Å². The van der Waals surface area contributed by atoms with Crippen molar-refractivity contribution in [3.8, 4) is 0 Å². The monoisotopic (exact) mass is 324 g/mol. The summed E-state index contributed by atoms with van der Waals surface area (Å²) in [5, 5.41) is 0. The van der Waals surface area contributed by atoms with Gasteiger partial charge in [0.1, 0.15) is 0 Å². The number of aryl methyl sites for hydroxylation is 1. The van der Waals surface area contributed by atoms with Gasteiger partial charge in [-0.2, -0.15) is 0 Å². The van der Waals surface area contributed by atoms with Crippen LogP contribution in [0.25, 0.3) is 0 Å². The van der Waals surface area contributed by atoms with Gasteiger partial charge in [-0.15, -0.1) is 0 Å². The predicted octanol–water partition coefficient (Wildman–Crippen LogP) is 2.96. The van der Waals surface area contributed by atoms with Gasteiger partial charge in [0.2, 0.25) is 0 Å². The second kappa shape index (κ2) is 5.25. The van der Waals surface area contributed by atoms with Crippen LogP contribution in [0.2, 0.25) is 0 Å². The Balaban J connectivity index is 2.18. The summed E-state index contributed by atoms with van der Waals surface area (Å²) in [5.74, 6) is 0.0978. The van der Waals surface area contributed by atoms with E-state index in [-0.39, 0.29) is 17.4 Å². The van der Waals surface area contributed by atoms with Crippen LogP contribution in [0.15, 0.2) is 22.7 Å². The van der Waals surface area contributed by atoms with Gasteiger partial charge in [-0.3, -0.25) is 4.79 Å². The molecule has 104 valence electrons. The summed E-state index contributed by atoms with van der Waals surface area (Å²) < 4.78 is 0.978. The third-order valence-electron chi connectivity index (χ3n) is 4.02. The first-order chi connectivity index (χ1) is 8.81. The average Bonchev–Trinajstić information content (AvgIpc) is 2.35. The Bertz CT molecular complexity index is 499. The van der Waals surface area contributed by atoms with Crippen molar-refractivity contribution in [1.29, 1.82) is 0 Å². The Morgan fingerprint density at radius 2 is 2.16 bits per heavy atom. The number of nitrogens with zero attached hydrogens (tertiary/aromatic N) is 1. The third kappa shape index (κ3) is 3.00. The molecule has 1 unspecified atom stereocenters. The predicted molar refractivity (Wildman–Crippen MR) is 81.2 cm³/mol. The fourth-order valence-corrected chi connectivity index (χ4v) is 2.83. The summed E-state index contributed by atoms with van der Waals surface area (Å²) in [6.45, 7) is 7.74. The summed E-state index contributed by atoms with van der Waals surface area (Å²) in [7, 11) is 0. The van der Waals surface area contributed by atoms with Crippen LogP contribution >= 0.6 is 15.9 Å². The van der Waals surface area contributed by atoms with Crippen molar-refractivity contribution in [2.45, 2.75) is 33.2 Å². The normalized spacial score (nSPS) is 22.4. The van der Waals surface area contributed by atoms with Crippen molar-refractivity contribution >= 4 is 21.8 Å². The van der Waals surface area contributed by atoms with Gasteiger partial charge in [-0.25, -0.2) is 0 Å². The first-order valence-electron chi connectivity index (χ1n) is 6.62. The molecule has 4 heteroatoms. The largest absolute Gasteiger partial charge is 0.338 e. The number of piperidine rings is 1. The Morgan fingerprint density at radius 1 is 1.47 bits per heavy atom. The molecule has 1 atom stereocenters. The fraction of sp³-hybridized carbons (Fsp3) is 0.533. The van der Waals surface area contributed by atoms with E-state index < -0.39 is 0 Å². The number of likely N-dealkylation sites (tertiary alicyclic amines) is 1. The van der Waals surface area contributed by atoms with E-state index in [1.165, 1.54) is 0 Å². The van der Waals surface area contributed by atoms with Crippen LogP contribution in [0, 0.1) is 12.3 Å². The molecule has 1 amide bonds. The number of rotatable bonds is 1. The van der Waals surface area contributed by atoms with Gasteiger partial charge < -0.3 is 10.6 Å². The van der Waals surface area contributed by atoms with Gasteiger partial charge in [0.05, 0.1) is 0 Å². The van der Waals surface area contributed by atoms with Gasteiger partial charge in [0.15, 0.2) is 0 Å². The van der Waals surface area contributed by atoms with Gasteiger partial charge in [0, 0.05) is 29.2 Å². The van der Waals surface area contributed by atoms with Crippen LogP contribution in [0.5, 0.6) is 0 Å². The van der Waals surface area contributed by atoms with E-state index in [1.54, 1.807) is 0 Å². The number of amides is 1. The van der Waals surface area contributed by atoms with E-state index in [0.717, 1.165) is 35.1 Å². The van der Waals surface area contributed by atoms with Crippen molar-refractivity contribution in [2.24, 2.45) is 11.1 Å². The molecule has 1 saturated heterocycles. The highest BCUT2D eigenvalue weighted by molar-refractivity contribution is 9.10. The Morgan fingerprint density at radius 3 is 2.74 bits per heavy atom. The standard InChI is InChI=1S/C15H21BrN2O/c1-10-4-5-11(8-12(10)16)14(19)18-7-6-13(17)15(2,3)9-18/h4-5,8,13H,6-7,9,17H2,1-3H3. The van der Waals surface area contributed by atoms with Gasteiger partial charge >= 0.3 is 0 Å². The average molecular weight is 325 g/mol. The van der Waals surface area contributed by atoms with E-state index in [2.05, 4.69) is 29.8 Å². The van der Waals surface area contributed by atoms with E-state index in [1.807, 2.05) is 30.0 Å². The van der Waals surface area contributed by atoms with Crippen molar-refractivity contribution in [2.75, 3.05) is 13.1 Å². The van der Waals surface area contributed by atoms with Crippen LogP contribution < -0.4 is 5.73 Å². The molecule has 1 aromatic rings. The zero-order valence-corrected chi connectivity index (χ0v) is 13.3. The van der Waals surface area contributed by atoms with Crippen LogP contribution in [-0.4, -0.2) is 29.9 Å². The smallest absolute Gasteiger partial charge is 0.253 e. The lowest BCUT2D eigenvalue weighted by atomic mass is 9.79. The first kappa shape index (κ1) is 14.5. The highest BCUT2D eigenvalue weighted by Crippen LogP contribution is 2.29. The van der Waals surface area contributed by atoms with E-state index in [9.17, 15) is 4.79 Å². The number of carbonyl (C=O) groups is 1. The van der Waals surface area contributed by atoms with Gasteiger partial charge in [-0.05, 0) is 36.5 Å². The summed E-state index contributed by atoms with van der Waals surface area (Å²) in [4.78, 5) is 14.4. The molecule has 1 heterocycles. The molecule has 0 radical (unpaired) electrons. The van der Waals surface area contributed by atoms with Crippen LogP contribution in [0.1, 0.15) is 36.2 Å². The molecule has 0 aliphatic carbocycles. The van der Waals surface area contributed by atoms with Gasteiger partial charge in [0.25, 0.3) is 5.91 Å². The Kier molecular flexibility index (Phi) is 4.02. The lowest BCUT2D eigenvalue weighted by Gasteiger charge is -2.42. The maximum Gasteiger partial charge on any atom is 0.253 e. The summed E-state index contributed by atoms with van der Waals surface area (Å²) >= 11 is 3.48. The second-order valence-electron chi connectivity index (χ2n) is 6.07. The van der Waals surface area contributed by atoms with Crippen molar-refractivity contribution < 1.29 is 4.79 Å². The molecular formula is C15H21BrN2O. The summed E-state index contributed by atoms with van der Waals surface area (Å²) in [6, 6.07) is 5.93. The number of carbonyl (C=O) groups excluding carboxylic acids is 1. The summed E-state index contributed by atoms with van der Waals surface area (Å²) in [6.07, 6.45) is 0.867. The molecule has 0 spiro atoms. The first-order valence-corrected chi connectivity index (χ1v) is 7.41. The Labute approximate surface area is 123 Å². The molecule has 0 aromatic heterocycles. The zero-order chi connectivity index (χ0) is 14.2. The Hall–Kier alpha value is -0.870. The molecule has 3 nitrogen and oxygen atoms in total. The molecule has 1 aliphatic heterocycles. The van der Waals surface area contributed by atoms with Crippen molar-refractivity contribution in [3.63, 3.8) is 0 Å². The molecule has 0 saturated carbocycles. The lowest BCUT2D eigenvalue weighted by Crippen LogP contribution is -2.54. The van der Waals surface area contributed by atoms with E-state index in [4.69, 9.17) is 5.73 Å². The minimum absolute atomic E-state index is 0.0180. The maximum atomic E-state index is 12.5. The number of benzene rings is 1. The molecule has 2 N–H and O–H groups in total. The minimum Gasteiger partial charge on any atom is -0.338 e. The minimum atomic E-state index is -0.0180. The van der Waals surface area contributed by atoms with Crippen molar-refractivity contribution in [1.82, 2.24) is 4.90 Å². The molecule has 1 fully saturated rings. The molecule has 0 bridgehead atoms. The van der Waals surface area contributed by atoms with Crippen molar-refractivity contribution in [3.05, 3.63) is 33.8 Å². The number of nitrogens with two attached hydrogens (primary N) is 1. The lowest BCUT2D eigenvalue weighted by molar-refractivity contribution is 0.0533. The topological polar surface area (TPSA) is 46.3 Å². The zero-order valence-electron chi connectivity index (χ0n) is 11.7. The maximum absolute atomic E-state index is 12.5.